The van der Waals surface area contributed by atoms with E-state index in [0.29, 0.717) is 31.2 Å². The topological polar surface area (TPSA) is 197 Å². The zero-order valence-electron chi connectivity index (χ0n) is 38.0. The highest BCUT2D eigenvalue weighted by Crippen LogP contribution is 2.71. The summed E-state index contributed by atoms with van der Waals surface area (Å²) in [5.74, 6) is -1.56. The Hall–Kier alpha value is -6.43. The lowest BCUT2D eigenvalue weighted by Crippen LogP contribution is -2.54. The molecule has 8 N–H and O–H groups in total. The van der Waals surface area contributed by atoms with E-state index in [1.54, 1.807) is 54.6 Å². The number of ketones is 1. The van der Waals surface area contributed by atoms with Gasteiger partial charge in [-0.25, -0.2) is 0 Å². The maximum atomic E-state index is 15.0. The number of phenolic OH excluding ortho intramolecular Hbond substituents is 5. The second-order valence-electron chi connectivity index (χ2n) is 20.3. The van der Waals surface area contributed by atoms with Crippen molar-refractivity contribution in [2.45, 2.75) is 100 Å². The Morgan fingerprint density at radius 1 is 0.779 bits per heavy atom. The molecule has 6 aromatic rings. The molecule has 6 aliphatic rings. The van der Waals surface area contributed by atoms with Gasteiger partial charge >= 0.3 is 0 Å². The van der Waals surface area contributed by atoms with Gasteiger partial charge < -0.3 is 45.1 Å². The minimum absolute atomic E-state index is 0.0344. The molecule has 0 spiro atoms. The molecule has 1 aromatic heterocycles. The van der Waals surface area contributed by atoms with Gasteiger partial charge in [0.05, 0.1) is 6.10 Å². The fourth-order valence-electron chi connectivity index (χ4n) is 14.4. The molecular formula is C57H59N2O9-. The molecular weight excluding hydrogens is 857 g/mol. The number of carbonyl (C=O) groups is 1. The van der Waals surface area contributed by atoms with Crippen LogP contribution in [0.15, 0.2) is 109 Å². The molecule has 68 heavy (non-hydrogen) atoms. The van der Waals surface area contributed by atoms with Crippen LogP contribution in [0.3, 0.4) is 0 Å². The maximum absolute atomic E-state index is 15.0. The largest absolute Gasteiger partial charge is 0.663 e. The monoisotopic (exact) mass is 915 g/mol. The van der Waals surface area contributed by atoms with Gasteiger partial charge in [-0.2, -0.15) is 6.20 Å². The number of aromatic hydroxyl groups is 5. The molecule has 352 valence electrons. The Morgan fingerprint density at radius 3 is 2.43 bits per heavy atom. The molecule has 10 atom stereocenters. The quantitative estimate of drug-likeness (QED) is 0.0456. The summed E-state index contributed by atoms with van der Waals surface area (Å²) in [6.07, 6.45) is 8.00. The first-order chi connectivity index (χ1) is 33.0. The normalized spacial score (nSPS) is 27.7. The van der Waals surface area contributed by atoms with Gasteiger partial charge in [0.1, 0.15) is 30.6 Å². The van der Waals surface area contributed by atoms with Crippen LogP contribution in [0.4, 0.5) is 0 Å². The standard InChI is InChI=1S/C57H59N2O9/c58-30-68-49-24-32(14-18-47(49)63)13-17-46(62)41-25-34(22-31-11-15-36(60)16-12-31)40-26-35-27-45(57-20-4-3-10-44(57)39-19-21-59-53(39)38-8-1-2-9-43(38)57)51(52(40)54(41)65)42-28-48(64)55(66)56(50(35)42)67-29-33-6-5-7-37(61)23-33/h1-2,5-9,11-12,14-16,18-19,21,23-24,28,34-35,40-41,44-45,51-52,54,60-61,63-66H,3-4,10,13,17,20,22,25-27,29-30,58H2/q-1/t34-,35-,40+,41+,44+,45-,51-,52-,54+,57+/m1/s1. The lowest BCUT2D eigenvalue weighted by molar-refractivity contribution is -0.136. The van der Waals surface area contributed by atoms with Gasteiger partial charge in [-0.05, 0) is 162 Å². The number of nitrogens with zero attached hydrogens (tertiary/aromatic N) is 1. The Balaban J connectivity index is 1.08. The number of aromatic nitrogens is 1. The van der Waals surface area contributed by atoms with Crippen LogP contribution in [0, 0.1) is 29.6 Å². The number of rotatable bonds is 12. The van der Waals surface area contributed by atoms with Crippen LogP contribution < -0.4 is 20.2 Å². The summed E-state index contributed by atoms with van der Waals surface area (Å²) in [6, 6.07) is 31.8. The van der Waals surface area contributed by atoms with Crippen LogP contribution >= 0.6 is 0 Å². The highest BCUT2D eigenvalue weighted by Gasteiger charge is 2.63. The molecule has 12 rings (SSSR count). The average molecular weight is 916 g/mol. The van der Waals surface area contributed by atoms with Crippen LogP contribution in [0.1, 0.15) is 108 Å². The average Bonchev–Trinajstić information content (AvgIpc) is 3.71. The molecule has 5 aromatic carbocycles. The highest BCUT2D eigenvalue weighted by molar-refractivity contribution is 5.82. The fraction of sp³-hybridized carbons (Fsp3) is 0.386. The van der Waals surface area contributed by atoms with E-state index in [4.69, 9.17) is 20.2 Å². The number of aliphatic hydroxyl groups excluding tert-OH is 1. The molecule has 0 saturated heterocycles. The molecule has 0 unspecified atom stereocenters. The third kappa shape index (κ3) is 7.37. The van der Waals surface area contributed by atoms with Gasteiger partial charge in [0.25, 0.3) is 0 Å². The van der Waals surface area contributed by atoms with Gasteiger partial charge in [-0.1, -0.05) is 79.1 Å². The molecule has 1 heterocycles. The van der Waals surface area contributed by atoms with Crippen molar-refractivity contribution in [2.75, 3.05) is 6.73 Å². The molecule has 3 saturated carbocycles. The molecule has 11 nitrogen and oxygen atoms in total. The number of benzene rings is 5. The Morgan fingerprint density at radius 2 is 1.60 bits per heavy atom. The van der Waals surface area contributed by atoms with E-state index < -0.39 is 17.9 Å². The van der Waals surface area contributed by atoms with Gasteiger partial charge in [0.15, 0.2) is 23.0 Å². The number of hydrogen-bond acceptors (Lipinski definition) is 10. The second-order valence-corrected chi connectivity index (χ2v) is 20.3. The van der Waals surface area contributed by atoms with Gasteiger partial charge in [0.2, 0.25) is 5.75 Å². The van der Waals surface area contributed by atoms with E-state index in [1.165, 1.54) is 11.1 Å². The zero-order chi connectivity index (χ0) is 46.8. The summed E-state index contributed by atoms with van der Waals surface area (Å²) in [7, 11) is 0. The number of phenols is 5. The Bertz CT molecular complexity index is 2860. The first-order valence-electron chi connectivity index (χ1n) is 24.4. The fourth-order valence-corrected chi connectivity index (χ4v) is 14.4. The van der Waals surface area contributed by atoms with Gasteiger partial charge in [0, 0.05) is 23.3 Å². The molecule has 0 radical (unpaired) electrons. The summed E-state index contributed by atoms with van der Waals surface area (Å²) in [5, 5.41) is 68.2. The van der Waals surface area contributed by atoms with E-state index in [9.17, 15) is 35.4 Å². The SMILES string of the molecule is NCOc1cc(CCC(=O)[C@@H]2C[C@@H](Cc3ccc(O)cc3)[C@@H]3C[C@@H]4C[C@@H]([C@]56CCCC[C@H]5c5cc[n-]c5-c5ccccc56)[C@@H](c5cc(O)c(O)c(OCc6cccc(O)c6)c54)[C@@H]3[C@H]2O)ccc1O. The molecule has 3 fully saturated rings. The van der Waals surface area contributed by atoms with E-state index in [-0.39, 0.29) is 107 Å². The van der Waals surface area contributed by atoms with E-state index in [0.717, 1.165) is 65.6 Å². The number of Topliss-reactive ketones (excluding diaryl/α,β-unsaturated/α-hetero) is 1. The van der Waals surface area contributed by atoms with Crippen molar-refractivity contribution in [1.82, 2.24) is 4.98 Å². The third-order valence-electron chi connectivity index (χ3n) is 17.0. The number of carbonyl (C=O) groups excluding carboxylic acids is 1. The first kappa shape index (κ1) is 44.1. The summed E-state index contributed by atoms with van der Waals surface area (Å²) in [4.78, 5) is 19.9. The van der Waals surface area contributed by atoms with Crippen molar-refractivity contribution < 1.29 is 44.9 Å². The van der Waals surface area contributed by atoms with E-state index in [2.05, 4.69) is 30.3 Å². The van der Waals surface area contributed by atoms with Crippen LogP contribution in [-0.4, -0.2) is 49.3 Å². The van der Waals surface area contributed by atoms with E-state index >= 15 is 0 Å². The zero-order valence-corrected chi connectivity index (χ0v) is 38.0. The maximum Gasteiger partial charge on any atom is 0.200 e. The molecule has 0 aliphatic heterocycles. The van der Waals surface area contributed by atoms with Crippen LogP contribution in [0.25, 0.3) is 11.3 Å². The lowest BCUT2D eigenvalue weighted by atomic mass is 9.45. The number of ether oxygens (including phenoxy) is 2. The van der Waals surface area contributed by atoms with Crippen LogP contribution in [0.2, 0.25) is 0 Å². The number of hydrogen-bond donors (Lipinski definition) is 7. The minimum atomic E-state index is -1.03. The second kappa shape index (κ2) is 17.6. The number of aryl methyl sites for hydroxylation is 1. The molecule has 11 heteroatoms. The van der Waals surface area contributed by atoms with Crippen molar-refractivity contribution >= 4 is 5.78 Å². The third-order valence-corrected chi connectivity index (χ3v) is 17.0. The van der Waals surface area contributed by atoms with Crippen molar-refractivity contribution in [2.24, 2.45) is 35.3 Å². The van der Waals surface area contributed by atoms with Gasteiger partial charge in [-0.15, -0.1) is 5.69 Å². The van der Waals surface area contributed by atoms with Crippen LogP contribution in [-0.2, 0) is 29.7 Å². The number of aliphatic hydroxyl groups is 1. The van der Waals surface area contributed by atoms with Crippen LogP contribution in [0.5, 0.6) is 40.2 Å². The minimum Gasteiger partial charge on any atom is -0.663 e. The summed E-state index contributed by atoms with van der Waals surface area (Å²) >= 11 is 0. The van der Waals surface area contributed by atoms with Gasteiger partial charge in [-0.3, -0.25) is 10.5 Å². The number of fused-ring (bicyclic) bond motifs is 8. The Kier molecular flexibility index (Phi) is 11.4. The molecule has 2 bridgehead atoms. The van der Waals surface area contributed by atoms with Crippen molar-refractivity contribution in [3.63, 3.8) is 0 Å². The first-order valence-corrected chi connectivity index (χ1v) is 24.4. The van der Waals surface area contributed by atoms with Crippen molar-refractivity contribution in [3.8, 4) is 51.5 Å². The summed E-state index contributed by atoms with van der Waals surface area (Å²) in [5.41, 5.74) is 14.2. The molecule has 0 amide bonds. The summed E-state index contributed by atoms with van der Waals surface area (Å²) in [6.45, 7) is -0.0659. The smallest absolute Gasteiger partial charge is 0.200 e. The van der Waals surface area contributed by atoms with E-state index in [1.807, 2.05) is 24.4 Å². The predicted molar refractivity (Wildman–Crippen MR) is 256 cm³/mol. The summed E-state index contributed by atoms with van der Waals surface area (Å²) < 4.78 is 12.1. The highest BCUT2D eigenvalue weighted by atomic mass is 16.5. The number of nitrogens with two attached hydrogens (primary N) is 1. The Labute approximate surface area is 396 Å². The van der Waals surface area contributed by atoms with Crippen molar-refractivity contribution in [3.05, 3.63) is 148 Å². The predicted octanol–water partition coefficient (Wildman–Crippen LogP) is 9.59. The lowest BCUT2D eigenvalue weighted by Gasteiger charge is -2.59. The van der Waals surface area contributed by atoms with Crippen molar-refractivity contribution in [1.29, 1.82) is 0 Å². The molecule has 6 aliphatic carbocycles.